The van der Waals surface area contributed by atoms with Crippen LogP contribution in [0.3, 0.4) is 0 Å². The molecule has 0 aromatic heterocycles. The van der Waals surface area contributed by atoms with Gasteiger partial charge in [-0.15, -0.1) is 0 Å². The topological polar surface area (TPSA) is 36.9 Å². The normalized spacial score (nSPS) is 14.5. The maximum absolute atomic E-state index is 4.96. The summed E-state index contributed by atoms with van der Waals surface area (Å²) in [5.74, 6) is 0. The number of hydrogen-bond acceptors (Lipinski definition) is 4. The van der Waals surface area contributed by atoms with Crippen molar-refractivity contribution in [2.45, 2.75) is 33.2 Å². The summed E-state index contributed by atoms with van der Waals surface area (Å²) in [7, 11) is 3.56. The smallest absolute Gasteiger partial charge is 0.0961 e. The molecule has 0 heterocycles. The standard InChI is InChI=1S/C12H27N3O/c1-6-8-15(9-7-14-10-16-5)12(3)11(2)13-4/h12,14H,6-10H2,1-5H3. The SMILES string of the molecule is CCCN(CCNCOC)C(C)C(C)=NC. The number of aliphatic imine (C=N–C) groups is 1. The molecule has 1 N–H and O–H groups in total. The molecule has 1 atom stereocenters. The van der Waals surface area contributed by atoms with E-state index in [1.54, 1.807) is 7.11 Å². The lowest BCUT2D eigenvalue weighted by Crippen LogP contribution is -2.42. The zero-order chi connectivity index (χ0) is 12.4. The van der Waals surface area contributed by atoms with Crippen molar-refractivity contribution < 1.29 is 4.74 Å². The van der Waals surface area contributed by atoms with Crippen LogP contribution >= 0.6 is 0 Å². The Kier molecular flexibility index (Phi) is 9.48. The molecule has 0 radical (unpaired) electrons. The number of nitrogens with zero attached hydrogens (tertiary/aromatic N) is 2. The molecule has 0 aliphatic rings. The molecule has 0 aliphatic carbocycles. The third kappa shape index (κ3) is 6.20. The van der Waals surface area contributed by atoms with E-state index in [1.807, 2.05) is 7.05 Å². The van der Waals surface area contributed by atoms with Crippen molar-refractivity contribution in [2.24, 2.45) is 4.99 Å². The van der Waals surface area contributed by atoms with Gasteiger partial charge in [-0.2, -0.15) is 0 Å². The van der Waals surface area contributed by atoms with Gasteiger partial charge in [0.2, 0.25) is 0 Å². The monoisotopic (exact) mass is 229 g/mol. The number of ether oxygens (including phenoxy) is 1. The summed E-state index contributed by atoms with van der Waals surface area (Å²) in [5, 5.41) is 3.23. The lowest BCUT2D eigenvalue weighted by Gasteiger charge is -2.28. The van der Waals surface area contributed by atoms with Gasteiger partial charge in [0.15, 0.2) is 0 Å². The molecule has 0 saturated carbocycles. The van der Waals surface area contributed by atoms with Gasteiger partial charge in [-0.25, -0.2) is 0 Å². The summed E-state index contributed by atoms with van der Waals surface area (Å²) < 4.78 is 4.96. The van der Waals surface area contributed by atoms with Crippen LogP contribution in [0.1, 0.15) is 27.2 Å². The van der Waals surface area contributed by atoms with Crippen LogP contribution < -0.4 is 5.32 Å². The van der Waals surface area contributed by atoms with Gasteiger partial charge in [0.1, 0.15) is 0 Å². The highest BCUT2D eigenvalue weighted by molar-refractivity contribution is 5.86. The Morgan fingerprint density at radius 2 is 2.12 bits per heavy atom. The Morgan fingerprint density at radius 3 is 2.62 bits per heavy atom. The van der Waals surface area contributed by atoms with Crippen molar-refractivity contribution in [1.82, 2.24) is 10.2 Å². The van der Waals surface area contributed by atoms with Crippen LogP contribution in [-0.4, -0.2) is 57.2 Å². The molecule has 0 aromatic carbocycles. The summed E-state index contributed by atoms with van der Waals surface area (Å²) >= 11 is 0. The molecule has 0 aromatic rings. The van der Waals surface area contributed by atoms with Crippen LogP contribution in [0, 0.1) is 0 Å². The van der Waals surface area contributed by atoms with Crippen LogP contribution in [0.5, 0.6) is 0 Å². The Morgan fingerprint density at radius 1 is 1.44 bits per heavy atom. The minimum atomic E-state index is 0.425. The van der Waals surface area contributed by atoms with E-state index in [1.165, 1.54) is 12.1 Å². The minimum absolute atomic E-state index is 0.425. The summed E-state index contributed by atoms with van der Waals surface area (Å²) in [6, 6.07) is 0.425. The molecular formula is C12H27N3O. The van der Waals surface area contributed by atoms with Crippen molar-refractivity contribution >= 4 is 5.71 Å². The molecule has 0 rings (SSSR count). The van der Waals surface area contributed by atoms with Crippen LogP contribution in [0.4, 0.5) is 0 Å². The Bertz CT molecular complexity index is 195. The van der Waals surface area contributed by atoms with Gasteiger partial charge in [0, 0.05) is 39.0 Å². The number of methoxy groups -OCH3 is 1. The molecule has 16 heavy (non-hydrogen) atoms. The lowest BCUT2D eigenvalue weighted by atomic mass is 10.2. The quantitative estimate of drug-likeness (QED) is 0.368. The van der Waals surface area contributed by atoms with Gasteiger partial charge in [-0.1, -0.05) is 6.92 Å². The minimum Gasteiger partial charge on any atom is -0.370 e. The summed E-state index contributed by atoms with van der Waals surface area (Å²) in [4.78, 5) is 6.72. The molecule has 0 saturated heterocycles. The largest absolute Gasteiger partial charge is 0.370 e. The van der Waals surface area contributed by atoms with E-state index in [0.29, 0.717) is 12.8 Å². The first-order chi connectivity index (χ1) is 7.67. The number of nitrogens with one attached hydrogen (secondary N) is 1. The third-order valence-corrected chi connectivity index (χ3v) is 2.84. The zero-order valence-electron chi connectivity index (χ0n) is 11.4. The first-order valence-corrected chi connectivity index (χ1v) is 6.04. The molecule has 0 aliphatic heterocycles. The fraction of sp³-hybridized carbons (Fsp3) is 0.917. The van der Waals surface area contributed by atoms with E-state index in [-0.39, 0.29) is 0 Å². The van der Waals surface area contributed by atoms with Crippen molar-refractivity contribution in [3.8, 4) is 0 Å². The fourth-order valence-corrected chi connectivity index (χ4v) is 1.63. The van der Waals surface area contributed by atoms with Crippen LogP contribution in [0.25, 0.3) is 0 Å². The predicted molar refractivity (Wildman–Crippen MR) is 70.2 cm³/mol. The Hall–Kier alpha value is -0.450. The predicted octanol–water partition coefficient (Wildman–Crippen LogP) is 1.37. The number of rotatable bonds is 9. The summed E-state index contributed by atoms with van der Waals surface area (Å²) in [6.45, 7) is 10.2. The van der Waals surface area contributed by atoms with Crippen molar-refractivity contribution in [3.05, 3.63) is 0 Å². The molecule has 4 heteroatoms. The average molecular weight is 229 g/mol. The van der Waals surface area contributed by atoms with Crippen molar-refractivity contribution in [3.63, 3.8) is 0 Å². The van der Waals surface area contributed by atoms with E-state index >= 15 is 0 Å². The first kappa shape index (κ1) is 15.6. The van der Waals surface area contributed by atoms with Gasteiger partial charge in [0.05, 0.1) is 6.73 Å². The molecular weight excluding hydrogens is 202 g/mol. The highest BCUT2D eigenvalue weighted by Crippen LogP contribution is 2.02. The molecule has 1 unspecified atom stereocenters. The second-order valence-corrected chi connectivity index (χ2v) is 4.01. The fourth-order valence-electron chi connectivity index (χ4n) is 1.63. The van der Waals surface area contributed by atoms with Gasteiger partial charge in [-0.3, -0.25) is 15.2 Å². The summed E-state index contributed by atoms with van der Waals surface area (Å²) in [5.41, 5.74) is 1.19. The van der Waals surface area contributed by atoms with Gasteiger partial charge < -0.3 is 4.74 Å². The summed E-state index contributed by atoms with van der Waals surface area (Å²) in [6.07, 6.45) is 1.17. The van der Waals surface area contributed by atoms with E-state index in [9.17, 15) is 0 Å². The molecule has 0 spiro atoms. The van der Waals surface area contributed by atoms with Gasteiger partial charge in [-0.05, 0) is 26.8 Å². The van der Waals surface area contributed by atoms with E-state index in [2.05, 4.69) is 36.0 Å². The van der Waals surface area contributed by atoms with E-state index in [0.717, 1.165) is 19.6 Å². The highest BCUT2D eigenvalue weighted by Gasteiger charge is 2.14. The lowest BCUT2D eigenvalue weighted by molar-refractivity contribution is 0.166. The molecule has 4 nitrogen and oxygen atoms in total. The van der Waals surface area contributed by atoms with Gasteiger partial charge in [0.25, 0.3) is 0 Å². The van der Waals surface area contributed by atoms with E-state index < -0.39 is 0 Å². The third-order valence-electron chi connectivity index (χ3n) is 2.84. The highest BCUT2D eigenvalue weighted by atomic mass is 16.5. The Labute approximate surface area is 100 Å². The molecule has 0 bridgehead atoms. The van der Waals surface area contributed by atoms with Crippen molar-refractivity contribution in [1.29, 1.82) is 0 Å². The first-order valence-electron chi connectivity index (χ1n) is 6.04. The zero-order valence-corrected chi connectivity index (χ0v) is 11.4. The number of hydrogen-bond donors (Lipinski definition) is 1. The average Bonchev–Trinajstić information content (AvgIpc) is 2.31. The molecule has 0 fully saturated rings. The maximum Gasteiger partial charge on any atom is 0.0961 e. The Balaban J connectivity index is 4.05. The molecule has 96 valence electrons. The van der Waals surface area contributed by atoms with Crippen LogP contribution in [0.15, 0.2) is 4.99 Å². The van der Waals surface area contributed by atoms with E-state index in [4.69, 9.17) is 4.74 Å². The second-order valence-electron chi connectivity index (χ2n) is 4.01. The van der Waals surface area contributed by atoms with Crippen LogP contribution in [0.2, 0.25) is 0 Å². The van der Waals surface area contributed by atoms with Crippen molar-refractivity contribution in [2.75, 3.05) is 40.5 Å². The van der Waals surface area contributed by atoms with Gasteiger partial charge >= 0.3 is 0 Å². The second kappa shape index (κ2) is 9.75. The molecule has 0 amide bonds. The van der Waals surface area contributed by atoms with Crippen LogP contribution in [-0.2, 0) is 4.74 Å². The maximum atomic E-state index is 4.96.